The van der Waals surface area contributed by atoms with E-state index in [1.807, 2.05) is 17.7 Å². The molecule has 0 saturated carbocycles. The second-order valence-electron chi connectivity index (χ2n) is 7.84. The Morgan fingerprint density at radius 1 is 1.27 bits per heavy atom. The van der Waals surface area contributed by atoms with Gasteiger partial charge in [0.25, 0.3) is 0 Å². The maximum atomic E-state index is 13.5. The maximum Gasteiger partial charge on any atom is 0.225 e. The number of hydrogen-bond acceptors (Lipinski definition) is 6. The maximum absolute atomic E-state index is 13.5. The first-order valence-electron chi connectivity index (χ1n) is 10.2. The van der Waals surface area contributed by atoms with Crippen LogP contribution >= 0.6 is 0 Å². The molecule has 3 heterocycles. The molecular formula is C22H26FN5O2. The van der Waals surface area contributed by atoms with Crippen LogP contribution in [0.1, 0.15) is 28.8 Å². The van der Waals surface area contributed by atoms with Crippen LogP contribution in [0, 0.1) is 11.7 Å². The molecule has 158 valence electrons. The van der Waals surface area contributed by atoms with E-state index in [-0.39, 0.29) is 11.6 Å². The molecule has 0 atom stereocenters. The van der Waals surface area contributed by atoms with Gasteiger partial charge < -0.3 is 19.9 Å². The second-order valence-corrected chi connectivity index (χ2v) is 7.84. The molecule has 7 nitrogen and oxygen atoms in total. The lowest BCUT2D eigenvalue weighted by molar-refractivity contribution is 0.0903. The van der Waals surface area contributed by atoms with Crippen molar-refractivity contribution in [3.8, 4) is 0 Å². The summed E-state index contributed by atoms with van der Waals surface area (Å²) < 4.78 is 15.4. The van der Waals surface area contributed by atoms with Crippen LogP contribution in [-0.2, 0) is 13.6 Å². The van der Waals surface area contributed by atoms with Gasteiger partial charge >= 0.3 is 0 Å². The van der Waals surface area contributed by atoms with Gasteiger partial charge in [-0.1, -0.05) is 0 Å². The van der Waals surface area contributed by atoms with Crippen molar-refractivity contribution in [2.24, 2.45) is 13.0 Å². The summed E-state index contributed by atoms with van der Waals surface area (Å²) in [6.45, 7) is 2.89. The fourth-order valence-corrected chi connectivity index (χ4v) is 4.05. The number of aromatic nitrogens is 3. The van der Waals surface area contributed by atoms with Gasteiger partial charge in [-0.3, -0.25) is 4.79 Å². The van der Waals surface area contributed by atoms with E-state index in [0.29, 0.717) is 17.4 Å². The number of fused-ring (bicyclic) bond motifs is 1. The van der Waals surface area contributed by atoms with Crippen molar-refractivity contribution in [3.63, 3.8) is 0 Å². The Bertz CT molecular complexity index is 1030. The first-order valence-corrected chi connectivity index (χ1v) is 10.2. The van der Waals surface area contributed by atoms with Gasteiger partial charge in [0, 0.05) is 50.7 Å². The van der Waals surface area contributed by atoms with Crippen LogP contribution in [0.15, 0.2) is 36.8 Å². The van der Waals surface area contributed by atoms with Crippen LogP contribution in [-0.4, -0.2) is 51.7 Å². The first kappa shape index (κ1) is 20.4. The second kappa shape index (κ2) is 8.89. The van der Waals surface area contributed by atoms with Crippen LogP contribution in [0.2, 0.25) is 0 Å². The smallest absolute Gasteiger partial charge is 0.225 e. The summed E-state index contributed by atoms with van der Waals surface area (Å²) >= 11 is 0. The number of hydrogen-bond donors (Lipinski definition) is 2. The summed E-state index contributed by atoms with van der Waals surface area (Å²) in [5.74, 6) is 0.610. The van der Waals surface area contributed by atoms with Crippen LogP contribution < -0.4 is 10.2 Å². The molecule has 0 amide bonds. The number of aliphatic hydroxyl groups excluding tert-OH is 1. The lowest BCUT2D eigenvalue weighted by Gasteiger charge is -2.32. The Kier molecular flexibility index (Phi) is 6.06. The SMILES string of the molecule is Cn1cc(CNCC2CCN(c3ncc(C(=O)CO)cn3)CC2)c2ccc(F)cc21. The number of carbonyl (C=O) groups excluding carboxylic acids is 1. The molecule has 30 heavy (non-hydrogen) atoms. The summed E-state index contributed by atoms with van der Waals surface area (Å²) in [5, 5.41) is 13.5. The van der Waals surface area contributed by atoms with E-state index >= 15 is 0 Å². The molecule has 1 aliphatic rings. The zero-order valence-corrected chi connectivity index (χ0v) is 17.0. The monoisotopic (exact) mass is 411 g/mol. The molecule has 1 fully saturated rings. The predicted molar refractivity (Wildman–Crippen MR) is 113 cm³/mol. The number of benzene rings is 1. The number of halogens is 1. The highest BCUT2D eigenvalue weighted by Gasteiger charge is 2.21. The molecule has 4 rings (SSSR count). The molecular weight excluding hydrogens is 385 g/mol. The predicted octanol–water partition coefficient (Wildman–Crippen LogP) is 2.29. The molecule has 0 unspecified atom stereocenters. The number of Topliss-reactive ketones (excluding diaryl/α,β-unsaturated/α-hetero) is 1. The van der Waals surface area contributed by atoms with Gasteiger partial charge in [0.1, 0.15) is 12.4 Å². The zero-order valence-electron chi connectivity index (χ0n) is 17.0. The van der Waals surface area contributed by atoms with E-state index < -0.39 is 6.61 Å². The van der Waals surface area contributed by atoms with Gasteiger partial charge in [-0.2, -0.15) is 0 Å². The van der Waals surface area contributed by atoms with Gasteiger partial charge in [0.05, 0.1) is 11.1 Å². The van der Waals surface area contributed by atoms with E-state index in [0.717, 1.165) is 49.9 Å². The average Bonchev–Trinajstić information content (AvgIpc) is 3.08. The Labute approximate surface area is 174 Å². The van der Waals surface area contributed by atoms with E-state index in [9.17, 15) is 9.18 Å². The average molecular weight is 411 g/mol. The van der Waals surface area contributed by atoms with Gasteiger partial charge in [-0.25, -0.2) is 14.4 Å². The standard InChI is InChI=1S/C22H26FN5O2/c1-27-13-17(19-3-2-18(23)8-20(19)27)10-24-9-15-4-6-28(7-5-15)22-25-11-16(12-26-22)21(30)14-29/h2-3,8,11-13,15,24,29H,4-7,9-10,14H2,1H3. The van der Waals surface area contributed by atoms with Crippen molar-refractivity contribution in [3.05, 3.63) is 53.7 Å². The summed E-state index contributed by atoms with van der Waals surface area (Å²) in [4.78, 5) is 22.1. The molecule has 1 aliphatic heterocycles. The Hall–Kier alpha value is -2.84. The molecule has 0 spiro atoms. The van der Waals surface area contributed by atoms with Crippen LogP contribution in [0.3, 0.4) is 0 Å². The minimum atomic E-state index is -0.531. The molecule has 0 radical (unpaired) electrons. The molecule has 0 aliphatic carbocycles. The minimum Gasteiger partial charge on any atom is -0.388 e. The highest BCUT2D eigenvalue weighted by atomic mass is 19.1. The molecule has 0 bridgehead atoms. The minimum absolute atomic E-state index is 0.214. The van der Waals surface area contributed by atoms with Crippen molar-refractivity contribution in [1.29, 1.82) is 0 Å². The van der Waals surface area contributed by atoms with Crippen molar-refractivity contribution in [2.45, 2.75) is 19.4 Å². The number of aryl methyl sites for hydroxylation is 1. The number of anilines is 1. The van der Waals surface area contributed by atoms with E-state index in [1.165, 1.54) is 24.0 Å². The zero-order chi connectivity index (χ0) is 21.1. The largest absolute Gasteiger partial charge is 0.388 e. The Morgan fingerprint density at radius 3 is 2.70 bits per heavy atom. The van der Waals surface area contributed by atoms with Gasteiger partial charge in [0.2, 0.25) is 5.95 Å². The highest BCUT2D eigenvalue weighted by Crippen LogP contribution is 2.23. The lowest BCUT2D eigenvalue weighted by Crippen LogP contribution is -2.38. The fraction of sp³-hybridized carbons (Fsp3) is 0.409. The highest BCUT2D eigenvalue weighted by molar-refractivity contribution is 5.96. The van der Waals surface area contributed by atoms with E-state index in [2.05, 4.69) is 26.4 Å². The Balaban J connectivity index is 1.27. The number of nitrogens with zero attached hydrogens (tertiary/aromatic N) is 4. The number of rotatable bonds is 7. The van der Waals surface area contributed by atoms with Gasteiger partial charge in [-0.15, -0.1) is 0 Å². The molecule has 1 aromatic carbocycles. The third-order valence-corrected chi connectivity index (χ3v) is 5.78. The van der Waals surface area contributed by atoms with Gasteiger partial charge in [0.15, 0.2) is 5.78 Å². The topological polar surface area (TPSA) is 83.3 Å². The summed E-state index contributed by atoms with van der Waals surface area (Å²) in [6, 6.07) is 4.93. The van der Waals surface area contributed by atoms with Crippen molar-refractivity contribution in [1.82, 2.24) is 19.9 Å². The number of carbonyl (C=O) groups is 1. The van der Waals surface area contributed by atoms with Crippen LogP contribution in [0.25, 0.3) is 10.9 Å². The molecule has 2 aromatic heterocycles. The third-order valence-electron chi connectivity index (χ3n) is 5.78. The summed E-state index contributed by atoms with van der Waals surface area (Å²) in [5.41, 5.74) is 2.42. The fourth-order valence-electron chi connectivity index (χ4n) is 4.05. The van der Waals surface area contributed by atoms with E-state index in [1.54, 1.807) is 6.07 Å². The van der Waals surface area contributed by atoms with E-state index in [4.69, 9.17) is 5.11 Å². The lowest BCUT2D eigenvalue weighted by atomic mass is 9.97. The third kappa shape index (κ3) is 4.34. The summed E-state index contributed by atoms with van der Waals surface area (Å²) in [6.07, 6.45) is 7.08. The number of piperidine rings is 1. The summed E-state index contributed by atoms with van der Waals surface area (Å²) in [7, 11) is 1.94. The molecule has 8 heteroatoms. The van der Waals surface area contributed by atoms with Crippen molar-refractivity contribution < 1.29 is 14.3 Å². The first-order chi connectivity index (χ1) is 14.5. The number of aliphatic hydroxyl groups is 1. The van der Waals surface area contributed by atoms with Gasteiger partial charge in [-0.05, 0) is 49.1 Å². The van der Waals surface area contributed by atoms with Crippen LogP contribution in [0.5, 0.6) is 0 Å². The number of ketones is 1. The molecule has 1 saturated heterocycles. The quantitative estimate of drug-likeness (QED) is 0.581. The molecule has 3 aromatic rings. The molecule has 2 N–H and O–H groups in total. The van der Waals surface area contributed by atoms with Crippen molar-refractivity contribution in [2.75, 3.05) is 31.1 Å². The number of nitrogens with one attached hydrogen (secondary N) is 1. The Morgan fingerprint density at radius 2 is 2.00 bits per heavy atom. The van der Waals surface area contributed by atoms with Crippen LogP contribution in [0.4, 0.5) is 10.3 Å². The normalized spacial score (nSPS) is 15.1. The van der Waals surface area contributed by atoms with Crippen molar-refractivity contribution >= 4 is 22.6 Å².